The fourth-order valence-corrected chi connectivity index (χ4v) is 3.91. The van der Waals surface area contributed by atoms with E-state index in [0.717, 1.165) is 11.3 Å². The minimum atomic E-state index is -0.486. The topological polar surface area (TPSA) is 99.0 Å². The molecule has 0 unspecified atom stereocenters. The number of pyridine rings is 1. The van der Waals surface area contributed by atoms with Crippen molar-refractivity contribution in [2.75, 3.05) is 5.32 Å². The van der Waals surface area contributed by atoms with Crippen molar-refractivity contribution in [1.29, 1.82) is 0 Å². The molecule has 9 heteroatoms. The Morgan fingerprint density at radius 1 is 1.12 bits per heavy atom. The van der Waals surface area contributed by atoms with Gasteiger partial charge in [0, 0.05) is 23.6 Å². The van der Waals surface area contributed by atoms with Gasteiger partial charge in [-0.3, -0.25) is 4.79 Å². The molecule has 33 heavy (non-hydrogen) atoms. The van der Waals surface area contributed by atoms with E-state index in [9.17, 15) is 9.18 Å². The van der Waals surface area contributed by atoms with Crippen LogP contribution in [-0.4, -0.2) is 25.6 Å². The smallest absolute Gasteiger partial charge is 0.259 e. The van der Waals surface area contributed by atoms with Gasteiger partial charge in [-0.05, 0) is 58.0 Å². The summed E-state index contributed by atoms with van der Waals surface area (Å²) in [5, 5.41) is 7.23. The van der Waals surface area contributed by atoms with Gasteiger partial charge in [0.2, 0.25) is 0 Å². The SMILES string of the molecule is Cc1cc(-c2cc(C(=O)Nc3ccc(-n4ccnc4C)c(F)c3)c3c(C)noc3n2)c(C)o1. The number of hydrogen-bond acceptors (Lipinski definition) is 6. The normalized spacial score (nSPS) is 11.3. The molecule has 0 saturated carbocycles. The summed E-state index contributed by atoms with van der Waals surface area (Å²) in [6.45, 7) is 7.18. The molecule has 0 aliphatic rings. The summed E-state index contributed by atoms with van der Waals surface area (Å²) in [5.41, 5.74) is 3.03. The van der Waals surface area contributed by atoms with Gasteiger partial charge in [0.15, 0.2) is 0 Å². The lowest BCUT2D eigenvalue weighted by Gasteiger charge is -2.11. The molecule has 4 aromatic heterocycles. The van der Waals surface area contributed by atoms with E-state index in [-0.39, 0.29) is 5.71 Å². The summed E-state index contributed by atoms with van der Waals surface area (Å²) < 4.78 is 27.4. The molecule has 0 aliphatic carbocycles. The first-order valence-corrected chi connectivity index (χ1v) is 10.3. The van der Waals surface area contributed by atoms with Gasteiger partial charge in [0.25, 0.3) is 11.6 Å². The number of halogens is 1. The fourth-order valence-electron chi connectivity index (χ4n) is 3.91. The van der Waals surface area contributed by atoms with Crippen molar-refractivity contribution in [1.82, 2.24) is 19.7 Å². The van der Waals surface area contributed by atoms with E-state index < -0.39 is 11.7 Å². The van der Waals surface area contributed by atoms with Gasteiger partial charge < -0.3 is 18.8 Å². The summed E-state index contributed by atoms with van der Waals surface area (Å²) >= 11 is 0. The van der Waals surface area contributed by atoms with Gasteiger partial charge in [-0.15, -0.1) is 0 Å². The second kappa shape index (κ2) is 7.70. The van der Waals surface area contributed by atoms with Gasteiger partial charge in [-0.1, -0.05) is 5.16 Å². The molecular weight excluding hydrogens is 425 g/mol. The summed E-state index contributed by atoms with van der Waals surface area (Å²) in [4.78, 5) is 21.9. The van der Waals surface area contributed by atoms with Crippen LogP contribution in [0.5, 0.6) is 0 Å². The van der Waals surface area contributed by atoms with Crippen molar-refractivity contribution in [3.05, 3.63) is 77.1 Å². The van der Waals surface area contributed by atoms with Gasteiger partial charge in [0.1, 0.15) is 23.2 Å². The number of furan rings is 1. The van der Waals surface area contributed by atoms with Gasteiger partial charge in [-0.25, -0.2) is 14.4 Å². The Labute approximate surface area is 188 Å². The molecule has 166 valence electrons. The second-order valence-electron chi connectivity index (χ2n) is 7.79. The second-order valence-corrected chi connectivity index (χ2v) is 7.79. The first-order valence-electron chi connectivity index (χ1n) is 10.3. The number of nitrogens with one attached hydrogen (secondary N) is 1. The molecule has 1 amide bonds. The van der Waals surface area contributed by atoms with E-state index in [1.165, 1.54) is 6.07 Å². The van der Waals surface area contributed by atoms with Crippen molar-refractivity contribution in [2.45, 2.75) is 27.7 Å². The predicted molar refractivity (Wildman–Crippen MR) is 120 cm³/mol. The van der Waals surface area contributed by atoms with Crippen LogP contribution in [0.4, 0.5) is 10.1 Å². The highest BCUT2D eigenvalue weighted by atomic mass is 19.1. The Hall–Kier alpha value is -4.27. The van der Waals surface area contributed by atoms with Crippen molar-refractivity contribution < 1.29 is 18.1 Å². The standard InChI is InChI=1S/C24H20FN5O3/c1-12-9-17(14(3)32-12)20-11-18(22-13(2)29-33-24(22)28-20)23(31)27-16-5-6-21(19(25)10-16)30-8-7-26-15(30)4/h5-11H,1-4H3,(H,27,31). The number of benzene rings is 1. The van der Waals surface area contributed by atoms with Crippen LogP contribution in [0.1, 0.15) is 33.4 Å². The van der Waals surface area contributed by atoms with Crippen LogP contribution >= 0.6 is 0 Å². The summed E-state index contributed by atoms with van der Waals surface area (Å²) in [7, 11) is 0. The minimum absolute atomic E-state index is 0.241. The van der Waals surface area contributed by atoms with Crippen LogP contribution in [0.2, 0.25) is 0 Å². The maximum Gasteiger partial charge on any atom is 0.259 e. The molecule has 0 radical (unpaired) electrons. The van der Waals surface area contributed by atoms with Gasteiger partial charge >= 0.3 is 0 Å². The maximum atomic E-state index is 14.8. The van der Waals surface area contributed by atoms with E-state index in [2.05, 4.69) is 20.4 Å². The number of rotatable bonds is 4. The molecule has 1 N–H and O–H groups in total. The molecule has 1 aromatic carbocycles. The van der Waals surface area contributed by atoms with Gasteiger partial charge in [-0.2, -0.15) is 0 Å². The highest BCUT2D eigenvalue weighted by Crippen LogP contribution is 2.31. The van der Waals surface area contributed by atoms with E-state index in [0.29, 0.717) is 45.3 Å². The lowest BCUT2D eigenvalue weighted by atomic mass is 10.1. The van der Waals surface area contributed by atoms with Gasteiger partial charge in [0.05, 0.1) is 28.0 Å². The van der Waals surface area contributed by atoms with E-state index in [1.54, 1.807) is 49.0 Å². The summed E-state index contributed by atoms with van der Waals surface area (Å²) in [5.74, 6) is 1.14. The van der Waals surface area contributed by atoms with Crippen LogP contribution in [0.15, 0.2) is 51.7 Å². The monoisotopic (exact) mass is 445 g/mol. The molecule has 0 fully saturated rings. The highest BCUT2D eigenvalue weighted by Gasteiger charge is 2.21. The number of amides is 1. The zero-order valence-corrected chi connectivity index (χ0v) is 18.4. The van der Waals surface area contributed by atoms with Crippen molar-refractivity contribution in [3.8, 4) is 16.9 Å². The Morgan fingerprint density at radius 3 is 2.61 bits per heavy atom. The molecule has 5 aromatic rings. The third-order valence-corrected chi connectivity index (χ3v) is 5.47. The Kier molecular flexibility index (Phi) is 4.81. The third-order valence-electron chi connectivity index (χ3n) is 5.47. The fraction of sp³-hybridized carbons (Fsp3) is 0.167. The Balaban J connectivity index is 1.53. The largest absolute Gasteiger partial charge is 0.466 e. The van der Waals surface area contributed by atoms with Crippen molar-refractivity contribution in [3.63, 3.8) is 0 Å². The maximum absolute atomic E-state index is 14.8. The molecule has 0 spiro atoms. The number of aromatic nitrogens is 4. The number of nitrogens with zero attached hydrogens (tertiary/aromatic N) is 4. The molecular formula is C24H20FN5O3. The number of imidazole rings is 1. The molecule has 0 aliphatic heterocycles. The van der Waals surface area contributed by atoms with Crippen molar-refractivity contribution >= 4 is 22.7 Å². The molecule has 5 rings (SSSR count). The average Bonchev–Trinajstić information content (AvgIpc) is 3.46. The van der Waals surface area contributed by atoms with E-state index >= 15 is 0 Å². The number of aryl methyl sites for hydroxylation is 4. The number of carbonyl (C=O) groups is 1. The Bertz CT molecular complexity index is 1530. The number of fused-ring (bicyclic) bond motifs is 1. The van der Waals surface area contributed by atoms with Crippen LogP contribution in [0, 0.1) is 33.5 Å². The van der Waals surface area contributed by atoms with Crippen molar-refractivity contribution in [2.24, 2.45) is 0 Å². The molecule has 8 nitrogen and oxygen atoms in total. The highest BCUT2D eigenvalue weighted by molar-refractivity contribution is 6.13. The number of anilines is 1. The number of carbonyl (C=O) groups excluding carboxylic acids is 1. The van der Waals surface area contributed by atoms with E-state index in [1.807, 2.05) is 19.9 Å². The third kappa shape index (κ3) is 3.57. The quantitative estimate of drug-likeness (QED) is 0.403. The van der Waals surface area contributed by atoms with Crippen LogP contribution in [0.3, 0.4) is 0 Å². The zero-order valence-electron chi connectivity index (χ0n) is 18.4. The van der Waals surface area contributed by atoms with Crippen LogP contribution in [0.25, 0.3) is 28.0 Å². The lowest BCUT2D eigenvalue weighted by molar-refractivity contribution is 0.102. The molecule has 0 bridgehead atoms. The number of hydrogen-bond donors (Lipinski definition) is 1. The first-order chi connectivity index (χ1) is 15.8. The average molecular weight is 445 g/mol. The molecule has 0 atom stereocenters. The molecule has 4 heterocycles. The summed E-state index contributed by atoms with van der Waals surface area (Å²) in [6, 6.07) is 8.02. The lowest BCUT2D eigenvalue weighted by Crippen LogP contribution is -2.13. The van der Waals surface area contributed by atoms with Crippen LogP contribution < -0.4 is 5.32 Å². The predicted octanol–water partition coefficient (Wildman–Crippen LogP) is 5.29. The van der Waals surface area contributed by atoms with Crippen LogP contribution in [-0.2, 0) is 0 Å². The summed E-state index contributed by atoms with van der Waals surface area (Å²) in [6.07, 6.45) is 3.27. The Morgan fingerprint density at radius 2 is 1.94 bits per heavy atom. The first kappa shape index (κ1) is 20.6. The zero-order chi connectivity index (χ0) is 23.3. The van der Waals surface area contributed by atoms with E-state index in [4.69, 9.17) is 8.94 Å². The molecule has 0 saturated heterocycles. The minimum Gasteiger partial charge on any atom is -0.466 e.